The third kappa shape index (κ3) is 3.21. The molecule has 1 aliphatic heterocycles. The minimum absolute atomic E-state index is 0.188. The third-order valence-electron chi connectivity index (χ3n) is 5.00. The zero-order valence-electron chi connectivity index (χ0n) is 14.9. The van der Waals surface area contributed by atoms with Gasteiger partial charge in [0.05, 0.1) is 6.21 Å². The lowest BCUT2D eigenvalue weighted by molar-refractivity contribution is -0.133. The number of nitrogens with one attached hydrogen (secondary N) is 2. The number of aryl methyl sites for hydroxylation is 1. The maximum absolute atomic E-state index is 12.6. The van der Waals surface area contributed by atoms with Crippen molar-refractivity contribution >= 4 is 28.9 Å². The molecule has 1 aliphatic rings. The highest BCUT2D eigenvalue weighted by atomic mass is 16.2. The Hall–Kier alpha value is -3.41. The SMILES string of the molecule is Cn1cc(/C=N/NC(=O)[C@H]2C(=O)NC[C@H]2c2ccccc2)c2ccccc21. The standard InChI is InChI=1S/C21H20N4O2/c1-25-13-15(16-9-5-6-10-18(16)25)11-23-24-21(27)19-17(12-22-20(19)26)14-7-3-2-4-8-14/h2-11,13,17,19H,12H2,1H3,(H,22,26)(H,24,27)/b23-11+/t17-,19+/m0/s1. The number of hydrazone groups is 1. The first-order valence-electron chi connectivity index (χ1n) is 8.85. The molecule has 0 saturated carbocycles. The van der Waals surface area contributed by atoms with Crippen LogP contribution in [-0.4, -0.2) is 29.1 Å². The molecule has 6 heteroatoms. The Morgan fingerprint density at radius 3 is 2.74 bits per heavy atom. The predicted molar refractivity (Wildman–Crippen MR) is 104 cm³/mol. The van der Waals surface area contributed by atoms with E-state index in [1.54, 1.807) is 6.21 Å². The molecule has 1 saturated heterocycles. The van der Waals surface area contributed by atoms with Gasteiger partial charge in [0.25, 0.3) is 5.91 Å². The summed E-state index contributed by atoms with van der Waals surface area (Å²) >= 11 is 0. The molecule has 2 N–H and O–H groups in total. The van der Waals surface area contributed by atoms with Crippen molar-refractivity contribution in [3.8, 4) is 0 Å². The maximum atomic E-state index is 12.6. The van der Waals surface area contributed by atoms with Crippen LogP contribution in [0.25, 0.3) is 10.9 Å². The van der Waals surface area contributed by atoms with Gasteiger partial charge in [-0.05, 0) is 11.6 Å². The molecule has 3 aromatic rings. The van der Waals surface area contributed by atoms with Crippen LogP contribution in [0.4, 0.5) is 0 Å². The van der Waals surface area contributed by atoms with E-state index in [4.69, 9.17) is 0 Å². The first-order chi connectivity index (χ1) is 13.1. The van der Waals surface area contributed by atoms with E-state index in [1.807, 2.05) is 72.4 Å². The van der Waals surface area contributed by atoms with E-state index in [9.17, 15) is 9.59 Å². The molecule has 0 aliphatic carbocycles. The number of fused-ring (bicyclic) bond motifs is 1. The summed E-state index contributed by atoms with van der Waals surface area (Å²) in [6.07, 6.45) is 3.57. The number of para-hydroxylation sites is 1. The van der Waals surface area contributed by atoms with Crippen molar-refractivity contribution < 1.29 is 9.59 Å². The molecule has 0 bridgehead atoms. The lowest BCUT2D eigenvalue weighted by atomic mass is 9.88. The van der Waals surface area contributed by atoms with Gasteiger partial charge in [0.2, 0.25) is 5.91 Å². The quantitative estimate of drug-likeness (QED) is 0.425. The van der Waals surface area contributed by atoms with Crippen LogP contribution < -0.4 is 10.7 Å². The second-order valence-electron chi connectivity index (χ2n) is 6.69. The van der Waals surface area contributed by atoms with Crippen molar-refractivity contribution in [3.05, 3.63) is 71.9 Å². The summed E-state index contributed by atoms with van der Waals surface area (Å²) in [5.41, 5.74) is 5.50. The van der Waals surface area contributed by atoms with Crippen LogP contribution in [0, 0.1) is 5.92 Å². The molecule has 2 amide bonds. The topological polar surface area (TPSA) is 75.5 Å². The van der Waals surface area contributed by atoms with Gasteiger partial charge in [0.1, 0.15) is 5.92 Å². The zero-order chi connectivity index (χ0) is 18.8. The summed E-state index contributed by atoms with van der Waals surface area (Å²) in [6.45, 7) is 0.452. The first-order valence-corrected chi connectivity index (χ1v) is 8.85. The minimum Gasteiger partial charge on any atom is -0.355 e. The molecular weight excluding hydrogens is 340 g/mol. The molecule has 6 nitrogen and oxygen atoms in total. The minimum atomic E-state index is -0.780. The molecule has 1 fully saturated rings. The van der Waals surface area contributed by atoms with E-state index < -0.39 is 11.8 Å². The Morgan fingerprint density at radius 1 is 1.19 bits per heavy atom. The summed E-state index contributed by atoms with van der Waals surface area (Å²) in [4.78, 5) is 24.8. The van der Waals surface area contributed by atoms with Crippen LogP contribution in [-0.2, 0) is 16.6 Å². The van der Waals surface area contributed by atoms with E-state index in [0.717, 1.165) is 22.0 Å². The summed E-state index contributed by atoms with van der Waals surface area (Å²) in [5.74, 6) is -1.62. The van der Waals surface area contributed by atoms with Gasteiger partial charge in [-0.15, -0.1) is 0 Å². The van der Waals surface area contributed by atoms with Crippen LogP contribution >= 0.6 is 0 Å². The van der Waals surface area contributed by atoms with Crippen LogP contribution in [0.15, 0.2) is 65.9 Å². The Kier molecular flexibility index (Phi) is 4.46. The number of hydrogen-bond donors (Lipinski definition) is 2. The van der Waals surface area contributed by atoms with Gasteiger partial charge in [-0.2, -0.15) is 5.10 Å². The Balaban J connectivity index is 1.51. The number of aromatic nitrogens is 1. The molecule has 0 unspecified atom stereocenters. The Morgan fingerprint density at radius 2 is 1.93 bits per heavy atom. The van der Waals surface area contributed by atoms with Crippen molar-refractivity contribution in [2.45, 2.75) is 5.92 Å². The normalized spacial score (nSPS) is 19.5. The van der Waals surface area contributed by atoms with Gasteiger partial charge in [0, 0.05) is 42.2 Å². The van der Waals surface area contributed by atoms with Gasteiger partial charge < -0.3 is 9.88 Å². The molecule has 136 valence electrons. The highest BCUT2D eigenvalue weighted by Gasteiger charge is 2.40. The van der Waals surface area contributed by atoms with Crippen molar-refractivity contribution in [1.29, 1.82) is 0 Å². The van der Waals surface area contributed by atoms with E-state index in [-0.39, 0.29) is 11.8 Å². The first kappa shape index (κ1) is 17.0. The lowest BCUT2D eigenvalue weighted by Crippen LogP contribution is -2.34. The zero-order valence-corrected chi connectivity index (χ0v) is 14.9. The maximum Gasteiger partial charge on any atom is 0.253 e. The van der Waals surface area contributed by atoms with Gasteiger partial charge >= 0.3 is 0 Å². The fraction of sp³-hybridized carbons (Fsp3) is 0.190. The van der Waals surface area contributed by atoms with Crippen LogP contribution in [0.3, 0.4) is 0 Å². The molecule has 2 aromatic carbocycles. The molecule has 4 rings (SSSR count). The fourth-order valence-corrected chi connectivity index (χ4v) is 3.64. The lowest BCUT2D eigenvalue weighted by Gasteiger charge is -2.15. The summed E-state index contributed by atoms with van der Waals surface area (Å²) in [6, 6.07) is 17.6. The van der Waals surface area contributed by atoms with Crippen molar-refractivity contribution in [1.82, 2.24) is 15.3 Å². The van der Waals surface area contributed by atoms with E-state index in [0.29, 0.717) is 6.54 Å². The highest BCUT2D eigenvalue weighted by Crippen LogP contribution is 2.29. The van der Waals surface area contributed by atoms with Gasteiger partial charge in [0.15, 0.2) is 0 Å². The largest absolute Gasteiger partial charge is 0.355 e. The van der Waals surface area contributed by atoms with E-state index >= 15 is 0 Å². The number of carbonyl (C=O) groups is 2. The van der Waals surface area contributed by atoms with Crippen molar-refractivity contribution in [3.63, 3.8) is 0 Å². The second kappa shape index (κ2) is 7.07. The average molecular weight is 360 g/mol. The predicted octanol–water partition coefficient (Wildman–Crippen LogP) is 2.16. The monoisotopic (exact) mass is 360 g/mol. The van der Waals surface area contributed by atoms with Gasteiger partial charge in [-0.25, -0.2) is 5.43 Å². The molecular formula is C21H20N4O2. The molecule has 0 spiro atoms. The van der Waals surface area contributed by atoms with E-state index in [2.05, 4.69) is 15.8 Å². The molecule has 0 radical (unpaired) electrons. The summed E-state index contributed by atoms with van der Waals surface area (Å²) in [7, 11) is 1.96. The number of benzene rings is 2. The van der Waals surface area contributed by atoms with Gasteiger partial charge in [-0.1, -0.05) is 48.5 Å². The van der Waals surface area contributed by atoms with Crippen LogP contribution in [0.1, 0.15) is 17.0 Å². The third-order valence-corrected chi connectivity index (χ3v) is 5.00. The Bertz CT molecular complexity index is 1020. The second-order valence-corrected chi connectivity index (χ2v) is 6.69. The fourth-order valence-electron chi connectivity index (χ4n) is 3.64. The Labute approximate surface area is 156 Å². The number of carbonyl (C=O) groups excluding carboxylic acids is 2. The van der Waals surface area contributed by atoms with Gasteiger partial charge in [-0.3, -0.25) is 9.59 Å². The van der Waals surface area contributed by atoms with Crippen LogP contribution in [0.2, 0.25) is 0 Å². The van der Waals surface area contributed by atoms with Crippen LogP contribution in [0.5, 0.6) is 0 Å². The number of hydrogen-bond acceptors (Lipinski definition) is 3. The number of amides is 2. The molecule has 27 heavy (non-hydrogen) atoms. The summed E-state index contributed by atoms with van der Waals surface area (Å²) in [5, 5.41) is 7.93. The number of nitrogens with zero attached hydrogens (tertiary/aromatic N) is 2. The van der Waals surface area contributed by atoms with E-state index in [1.165, 1.54) is 0 Å². The average Bonchev–Trinajstić information content (AvgIpc) is 3.23. The molecule has 2 heterocycles. The summed E-state index contributed by atoms with van der Waals surface area (Å²) < 4.78 is 2.01. The highest BCUT2D eigenvalue weighted by molar-refractivity contribution is 6.04. The molecule has 2 atom stereocenters. The number of rotatable bonds is 4. The van der Waals surface area contributed by atoms with Crippen molar-refractivity contribution in [2.75, 3.05) is 6.54 Å². The van der Waals surface area contributed by atoms with Crippen molar-refractivity contribution in [2.24, 2.45) is 18.1 Å². The smallest absolute Gasteiger partial charge is 0.253 e. The molecule has 1 aromatic heterocycles.